The van der Waals surface area contributed by atoms with Crippen LogP contribution in [0.5, 0.6) is 0 Å². The number of nitrogens with one attached hydrogen (secondary N) is 1. The van der Waals surface area contributed by atoms with Crippen LogP contribution < -0.4 is 5.32 Å². The van der Waals surface area contributed by atoms with Crippen LogP contribution in [0.2, 0.25) is 0 Å². The number of hydrogen-bond acceptors (Lipinski definition) is 4. The molecule has 1 aromatic heterocycles. The van der Waals surface area contributed by atoms with Crippen molar-refractivity contribution in [3.05, 3.63) is 35.7 Å². The molecule has 1 atom stereocenters. The molecule has 3 rings (SSSR count). The van der Waals surface area contributed by atoms with E-state index in [9.17, 15) is 4.79 Å². The van der Waals surface area contributed by atoms with Crippen LogP contribution in [0.1, 0.15) is 31.0 Å². The number of urea groups is 1. The molecule has 1 saturated heterocycles. The third kappa shape index (κ3) is 4.43. The highest BCUT2D eigenvalue weighted by atomic mass is 16.5. The number of ether oxygens (including phenoxy) is 1. The minimum Gasteiger partial charge on any atom is -0.444 e. The van der Waals surface area contributed by atoms with Gasteiger partial charge in [0.25, 0.3) is 0 Å². The highest BCUT2D eigenvalue weighted by Crippen LogP contribution is 2.26. The molecule has 2 aromatic rings. The SMILES string of the molecule is CCOCC1CCCN(C(=O)Nc2cc(-c3nc(C)co3)ccc2C)C1. The Morgan fingerprint density at radius 3 is 3.00 bits per heavy atom. The Balaban J connectivity index is 1.68. The molecule has 1 aliphatic rings. The summed E-state index contributed by atoms with van der Waals surface area (Å²) in [5.41, 5.74) is 3.48. The van der Waals surface area contributed by atoms with Crippen molar-refractivity contribution in [2.45, 2.75) is 33.6 Å². The largest absolute Gasteiger partial charge is 0.444 e. The Morgan fingerprint density at radius 1 is 1.42 bits per heavy atom. The number of oxazole rings is 1. The zero-order chi connectivity index (χ0) is 18.5. The molecule has 0 radical (unpaired) electrons. The van der Waals surface area contributed by atoms with Crippen LogP contribution in [-0.4, -0.2) is 42.2 Å². The Kier molecular flexibility index (Phi) is 5.93. The summed E-state index contributed by atoms with van der Waals surface area (Å²) in [6, 6.07) is 5.78. The van der Waals surface area contributed by atoms with Gasteiger partial charge in [-0.3, -0.25) is 0 Å². The van der Waals surface area contributed by atoms with E-state index in [0.29, 0.717) is 11.8 Å². The lowest BCUT2D eigenvalue weighted by atomic mass is 9.99. The molecule has 6 nitrogen and oxygen atoms in total. The predicted molar refractivity (Wildman–Crippen MR) is 101 cm³/mol. The molecule has 140 valence electrons. The van der Waals surface area contributed by atoms with Crippen LogP contribution in [-0.2, 0) is 4.74 Å². The van der Waals surface area contributed by atoms with Gasteiger partial charge in [-0.05, 0) is 51.3 Å². The number of nitrogens with zero attached hydrogens (tertiary/aromatic N) is 2. The van der Waals surface area contributed by atoms with Crippen molar-refractivity contribution in [3.63, 3.8) is 0 Å². The molecule has 0 bridgehead atoms. The monoisotopic (exact) mass is 357 g/mol. The summed E-state index contributed by atoms with van der Waals surface area (Å²) >= 11 is 0. The van der Waals surface area contributed by atoms with Gasteiger partial charge in [0.1, 0.15) is 6.26 Å². The Morgan fingerprint density at radius 2 is 2.27 bits per heavy atom. The molecule has 6 heteroatoms. The first-order chi connectivity index (χ1) is 12.6. The van der Waals surface area contributed by atoms with E-state index in [1.54, 1.807) is 6.26 Å². The van der Waals surface area contributed by atoms with Crippen LogP contribution >= 0.6 is 0 Å². The minimum atomic E-state index is -0.0602. The Hall–Kier alpha value is -2.34. The third-order valence-corrected chi connectivity index (χ3v) is 4.71. The number of benzene rings is 1. The molecule has 0 aliphatic carbocycles. The Labute approximate surface area is 154 Å². The number of carbonyl (C=O) groups excluding carboxylic acids is 1. The van der Waals surface area contributed by atoms with E-state index in [1.807, 2.05) is 43.9 Å². The minimum absolute atomic E-state index is 0.0602. The molecular formula is C20H27N3O3. The lowest BCUT2D eigenvalue weighted by Crippen LogP contribution is -2.43. The fraction of sp³-hybridized carbons (Fsp3) is 0.500. The van der Waals surface area contributed by atoms with Gasteiger partial charge in [-0.2, -0.15) is 0 Å². The fourth-order valence-corrected chi connectivity index (χ4v) is 3.24. The summed E-state index contributed by atoms with van der Waals surface area (Å²) in [5.74, 6) is 0.977. The highest BCUT2D eigenvalue weighted by molar-refractivity contribution is 5.91. The summed E-state index contributed by atoms with van der Waals surface area (Å²) in [5, 5.41) is 3.05. The van der Waals surface area contributed by atoms with Gasteiger partial charge in [0.2, 0.25) is 5.89 Å². The standard InChI is InChI=1S/C20H27N3O3/c1-4-25-13-16-6-5-9-23(11-16)20(24)22-18-10-17(8-7-14(18)2)19-21-15(3)12-26-19/h7-8,10,12,16H,4-6,9,11,13H2,1-3H3,(H,22,24). The van der Waals surface area contributed by atoms with Crippen LogP contribution in [0.25, 0.3) is 11.5 Å². The van der Waals surface area contributed by atoms with E-state index in [-0.39, 0.29) is 6.03 Å². The number of piperidine rings is 1. The van der Waals surface area contributed by atoms with E-state index in [2.05, 4.69) is 10.3 Å². The molecule has 1 N–H and O–H groups in total. The number of anilines is 1. The van der Waals surface area contributed by atoms with Crippen LogP contribution in [0, 0.1) is 19.8 Å². The van der Waals surface area contributed by atoms with Crippen molar-refractivity contribution in [3.8, 4) is 11.5 Å². The van der Waals surface area contributed by atoms with Gasteiger partial charge >= 0.3 is 6.03 Å². The fourth-order valence-electron chi connectivity index (χ4n) is 3.24. The molecule has 1 fully saturated rings. The summed E-state index contributed by atoms with van der Waals surface area (Å²) in [4.78, 5) is 19.0. The average Bonchev–Trinajstić information content (AvgIpc) is 3.08. The van der Waals surface area contributed by atoms with Crippen LogP contribution in [0.4, 0.5) is 10.5 Å². The number of aromatic nitrogens is 1. The van der Waals surface area contributed by atoms with Gasteiger partial charge in [0, 0.05) is 36.9 Å². The molecule has 0 saturated carbocycles. The zero-order valence-corrected chi connectivity index (χ0v) is 15.7. The lowest BCUT2D eigenvalue weighted by Gasteiger charge is -2.32. The molecule has 1 unspecified atom stereocenters. The molecule has 2 heterocycles. The molecule has 0 spiro atoms. The maximum absolute atomic E-state index is 12.7. The van der Waals surface area contributed by atoms with Crippen molar-refractivity contribution < 1.29 is 13.9 Å². The second kappa shape index (κ2) is 8.36. The quantitative estimate of drug-likeness (QED) is 0.869. The van der Waals surface area contributed by atoms with Gasteiger partial charge in [0.15, 0.2) is 0 Å². The van der Waals surface area contributed by atoms with Gasteiger partial charge in [0.05, 0.1) is 12.3 Å². The molecule has 1 aliphatic heterocycles. The number of hydrogen-bond donors (Lipinski definition) is 1. The second-order valence-corrected chi connectivity index (χ2v) is 6.87. The van der Waals surface area contributed by atoms with Crippen molar-refractivity contribution in [1.29, 1.82) is 0 Å². The number of rotatable bonds is 5. The van der Waals surface area contributed by atoms with E-state index in [4.69, 9.17) is 9.15 Å². The first-order valence-electron chi connectivity index (χ1n) is 9.23. The summed E-state index contributed by atoms with van der Waals surface area (Å²) in [7, 11) is 0. The van der Waals surface area contributed by atoms with Gasteiger partial charge in [-0.1, -0.05) is 6.07 Å². The van der Waals surface area contributed by atoms with Crippen molar-refractivity contribution in [2.24, 2.45) is 5.92 Å². The van der Waals surface area contributed by atoms with Crippen molar-refractivity contribution >= 4 is 11.7 Å². The van der Waals surface area contributed by atoms with E-state index >= 15 is 0 Å². The summed E-state index contributed by atoms with van der Waals surface area (Å²) < 4.78 is 11.0. The molecule has 1 aromatic carbocycles. The number of likely N-dealkylation sites (tertiary alicyclic amines) is 1. The van der Waals surface area contributed by atoms with Gasteiger partial charge in [-0.15, -0.1) is 0 Å². The third-order valence-electron chi connectivity index (χ3n) is 4.71. The van der Waals surface area contributed by atoms with Crippen LogP contribution in [0.15, 0.2) is 28.9 Å². The maximum Gasteiger partial charge on any atom is 0.321 e. The normalized spacial score (nSPS) is 17.3. The average molecular weight is 357 g/mol. The van der Waals surface area contributed by atoms with Crippen molar-refractivity contribution in [2.75, 3.05) is 31.6 Å². The highest BCUT2D eigenvalue weighted by Gasteiger charge is 2.24. The first-order valence-corrected chi connectivity index (χ1v) is 9.23. The summed E-state index contributed by atoms with van der Waals surface area (Å²) in [6.07, 6.45) is 3.75. The van der Waals surface area contributed by atoms with Gasteiger partial charge < -0.3 is 19.4 Å². The van der Waals surface area contributed by atoms with Crippen molar-refractivity contribution in [1.82, 2.24) is 9.88 Å². The van der Waals surface area contributed by atoms with E-state index in [0.717, 1.165) is 61.7 Å². The lowest BCUT2D eigenvalue weighted by molar-refractivity contribution is 0.0777. The topological polar surface area (TPSA) is 67.6 Å². The van der Waals surface area contributed by atoms with E-state index in [1.165, 1.54) is 0 Å². The number of carbonyl (C=O) groups is 1. The maximum atomic E-state index is 12.7. The first kappa shape index (κ1) is 18.5. The van der Waals surface area contributed by atoms with E-state index < -0.39 is 0 Å². The van der Waals surface area contributed by atoms with Gasteiger partial charge in [-0.25, -0.2) is 9.78 Å². The zero-order valence-electron chi connectivity index (χ0n) is 15.7. The molecule has 2 amide bonds. The number of aryl methyl sites for hydroxylation is 2. The summed E-state index contributed by atoms with van der Waals surface area (Å²) in [6.45, 7) is 8.83. The Bertz CT molecular complexity index is 757. The van der Waals surface area contributed by atoms with Crippen LogP contribution in [0.3, 0.4) is 0 Å². The molecule has 26 heavy (non-hydrogen) atoms. The predicted octanol–water partition coefficient (Wildman–Crippen LogP) is 4.24. The molecular weight excluding hydrogens is 330 g/mol. The number of amides is 2. The second-order valence-electron chi connectivity index (χ2n) is 6.87. The smallest absolute Gasteiger partial charge is 0.321 e.